The van der Waals surface area contributed by atoms with Crippen LogP contribution >= 0.6 is 45.9 Å². The first-order valence-electron chi connectivity index (χ1n) is 16.2. The van der Waals surface area contributed by atoms with Crippen LogP contribution in [-0.4, -0.2) is 11.8 Å². The van der Waals surface area contributed by atoms with Crippen molar-refractivity contribution in [2.45, 2.75) is 192 Å². The smallest absolute Gasteiger partial charge is 0.179 e. The molecule has 0 atom stereocenters. The first-order chi connectivity index (χ1) is 17.6. The molecule has 0 N–H and O–H groups in total. The fourth-order valence-corrected chi connectivity index (χ4v) is 7.29. The summed E-state index contributed by atoms with van der Waals surface area (Å²) in [5.41, 5.74) is 0. The molecule has 0 saturated heterocycles. The third-order valence-electron chi connectivity index (χ3n) is 7.62. The first-order valence-corrected chi connectivity index (χ1v) is 22.1. The lowest BCUT2D eigenvalue weighted by Gasteiger charge is -2.07. The number of hydrogen-bond donors (Lipinski definition) is 1. The van der Waals surface area contributed by atoms with E-state index < -0.39 is 6.00 Å². The van der Waals surface area contributed by atoms with Crippen LogP contribution in [0.4, 0.5) is 0 Å². The van der Waals surface area contributed by atoms with Gasteiger partial charge in [0.2, 0.25) is 0 Å². The van der Waals surface area contributed by atoms with Crippen molar-refractivity contribution in [3.05, 3.63) is 0 Å². The Morgan fingerprint density at radius 2 is 0.444 bits per heavy atom. The monoisotopic (exact) mass is 600 g/mol. The number of hydrogen-bond acceptors (Lipinski definition) is 1. The maximum atomic E-state index is 5.92. The minimum Gasteiger partial charge on any atom is -0.179 e. The molecule has 0 spiro atoms. The van der Waals surface area contributed by atoms with Gasteiger partial charge in [0.05, 0.1) is 0 Å². The third kappa shape index (κ3) is 35.4. The van der Waals surface area contributed by atoms with Crippen molar-refractivity contribution in [2.24, 2.45) is 0 Å². The van der Waals surface area contributed by atoms with Gasteiger partial charge in [-0.15, -0.1) is 33.2 Å². The van der Waals surface area contributed by atoms with E-state index in [1.807, 2.05) is 0 Å². The predicted octanol–water partition coefficient (Wildman–Crippen LogP) is 13.9. The molecule has 0 aliphatic carbocycles. The fourth-order valence-electron chi connectivity index (χ4n) is 5.21. The van der Waals surface area contributed by atoms with E-state index in [1.165, 1.54) is 180 Å². The molecule has 0 nitrogen and oxygen atoms in total. The van der Waals surface area contributed by atoms with Gasteiger partial charge in [-0.05, 0) is 18.2 Å². The number of rotatable bonds is 31. The SMILES string of the molecule is SCCCCCCCCCCCCCCCCCCCCCCCCCCCCCCC[Si](Cl)(Cl)Cl. The van der Waals surface area contributed by atoms with Gasteiger partial charge >= 0.3 is 6.00 Å². The Morgan fingerprint density at radius 3 is 0.611 bits per heavy atom. The Balaban J connectivity index is 3.03. The molecule has 0 aromatic heterocycles. The molecule has 0 fully saturated rings. The van der Waals surface area contributed by atoms with Crippen molar-refractivity contribution in [3.63, 3.8) is 0 Å². The van der Waals surface area contributed by atoms with Gasteiger partial charge in [0, 0.05) is 0 Å². The number of unbranched alkanes of at least 4 members (excludes halogenated alkanes) is 28. The summed E-state index contributed by atoms with van der Waals surface area (Å²) in [5.74, 6) is 1.06. The lowest BCUT2D eigenvalue weighted by Crippen LogP contribution is -2.07. The topological polar surface area (TPSA) is 0 Å². The van der Waals surface area contributed by atoms with Crippen LogP contribution in [-0.2, 0) is 0 Å². The van der Waals surface area contributed by atoms with Gasteiger partial charge in [-0.1, -0.05) is 180 Å². The van der Waals surface area contributed by atoms with Crippen molar-refractivity contribution in [3.8, 4) is 0 Å². The van der Waals surface area contributed by atoms with Crippen molar-refractivity contribution < 1.29 is 0 Å². The summed E-state index contributed by atoms with van der Waals surface area (Å²) in [6, 6.07) is -1.54. The Bertz CT molecular complexity index is 404. The minimum atomic E-state index is -2.37. The van der Waals surface area contributed by atoms with Crippen LogP contribution < -0.4 is 0 Å². The Kier molecular flexibility index (Phi) is 32.2. The highest BCUT2D eigenvalue weighted by atomic mass is 35.8. The van der Waals surface area contributed by atoms with E-state index in [2.05, 4.69) is 12.6 Å². The van der Waals surface area contributed by atoms with Crippen molar-refractivity contribution in [2.75, 3.05) is 5.75 Å². The number of thiol groups is 1. The highest BCUT2D eigenvalue weighted by Gasteiger charge is 2.23. The van der Waals surface area contributed by atoms with Gasteiger partial charge in [-0.2, -0.15) is 12.6 Å². The van der Waals surface area contributed by atoms with Crippen molar-refractivity contribution >= 4 is 51.9 Å². The van der Waals surface area contributed by atoms with Gasteiger partial charge in [-0.3, -0.25) is 0 Å². The van der Waals surface area contributed by atoms with E-state index in [1.54, 1.807) is 0 Å². The minimum absolute atomic E-state index is 0.829. The van der Waals surface area contributed by atoms with E-state index in [-0.39, 0.29) is 0 Å². The van der Waals surface area contributed by atoms with E-state index >= 15 is 0 Å². The summed E-state index contributed by atoms with van der Waals surface area (Å²) in [5, 5.41) is 0. The largest absolute Gasteiger partial charge is 0.341 e. The number of halogens is 3. The highest BCUT2D eigenvalue weighted by Crippen LogP contribution is 2.27. The molecule has 0 aliphatic heterocycles. The maximum Gasteiger partial charge on any atom is 0.341 e. The van der Waals surface area contributed by atoms with Gasteiger partial charge < -0.3 is 0 Å². The molecule has 0 aromatic carbocycles. The molecule has 0 heterocycles. The van der Waals surface area contributed by atoms with Crippen molar-refractivity contribution in [1.82, 2.24) is 0 Å². The Hall–Kier alpha value is 1.44. The van der Waals surface area contributed by atoms with Crippen LogP contribution in [0.15, 0.2) is 0 Å². The highest BCUT2D eigenvalue weighted by molar-refractivity contribution is 7.80. The summed E-state index contributed by atoms with van der Waals surface area (Å²) < 4.78 is 0. The van der Waals surface area contributed by atoms with Crippen LogP contribution in [0.3, 0.4) is 0 Å². The normalized spacial score (nSPS) is 12.0. The van der Waals surface area contributed by atoms with E-state index in [9.17, 15) is 0 Å². The Morgan fingerprint density at radius 1 is 0.278 bits per heavy atom. The zero-order valence-corrected chi connectivity index (χ0v) is 28.2. The molecule has 0 aliphatic rings. The zero-order chi connectivity index (χ0) is 26.4. The molecular weight excluding hydrogens is 539 g/mol. The average Bonchev–Trinajstić information content (AvgIpc) is 2.84. The van der Waals surface area contributed by atoms with Crippen LogP contribution in [0.2, 0.25) is 6.04 Å². The molecular formula is C31H63Cl3SSi. The quantitative estimate of drug-likeness (QED) is 0.0347. The van der Waals surface area contributed by atoms with E-state index in [0.29, 0.717) is 0 Å². The molecule has 0 radical (unpaired) electrons. The van der Waals surface area contributed by atoms with Gasteiger partial charge in [-0.25, -0.2) is 0 Å². The molecule has 5 heteroatoms. The van der Waals surface area contributed by atoms with E-state index in [4.69, 9.17) is 33.2 Å². The molecule has 0 unspecified atom stereocenters. The van der Waals surface area contributed by atoms with Crippen LogP contribution in [0.5, 0.6) is 0 Å². The molecule has 0 saturated carbocycles. The summed E-state index contributed by atoms with van der Waals surface area (Å²) >= 11 is 22.0. The third-order valence-corrected chi connectivity index (χ3v) is 10.6. The molecule has 36 heavy (non-hydrogen) atoms. The lowest BCUT2D eigenvalue weighted by atomic mass is 10.0. The van der Waals surface area contributed by atoms with Crippen LogP contribution in [0, 0.1) is 0 Å². The maximum absolute atomic E-state index is 5.92. The van der Waals surface area contributed by atoms with Gasteiger partial charge in [0.15, 0.2) is 0 Å². The second kappa shape index (κ2) is 31.0. The molecule has 0 bridgehead atoms. The van der Waals surface area contributed by atoms with Crippen LogP contribution in [0.1, 0.15) is 186 Å². The molecule has 0 amide bonds. The predicted molar refractivity (Wildman–Crippen MR) is 176 cm³/mol. The summed E-state index contributed by atoms with van der Waals surface area (Å²) in [4.78, 5) is 0. The van der Waals surface area contributed by atoms with Gasteiger partial charge in [0.25, 0.3) is 0 Å². The fraction of sp³-hybridized carbons (Fsp3) is 1.00. The molecule has 0 rings (SSSR count). The van der Waals surface area contributed by atoms with E-state index in [0.717, 1.165) is 18.2 Å². The summed E-state index contributed by atoms with van der Waals surface area (Å²) in [6.07, 6.45) is 41.2. The van der Waals surface area contributed by atoms with Gasteiger partial charge in [0.1, 0.15) is 0 Å². The second-order valence-electron chi connectivity index (χ2n) is 11.3. The Labute approximate surface area is 248 Å². The summed E-state index contributed by atoms with van der Waals surface area (Å²) in [7, 11) is 0. The molecule has 218 valence electrons. The summed E-state index contributed by atoms with van der Waals surface area (Å²) in [6.45, 7) is 0. The zero-order valence-electron chi connectivity index (χ0n) is 24.0. The standard InChI is InChI=1S/C31H63Cl3SSi/c32-36(33,34)31-29-27-25-23-21-19-17-15-13-11-9-7-5-3-1-2-4-6-8-10-12-14-16-18-20-22-24-26-28-30-35/h35H,1-31H2. The average molecular weight is 602 g/mol. The van der Waals surface area contributed by atoms with Crippen molar-refractivity contribution in [1.29, 1.82) is 0 Å². The molecule has 0 aromatic rings. The first kappa shape index (κ1) is 37.4. The second-order valence-corrected chi connectivity index (χ2v) is 21.1. The van der Waals surface area contributed by atoms with Crippen LogP contribution in [0.25, 0.3) is 0 Å². The lowest BCUT2D eigenvalue weighted by molar-refractivity contribution is 0.514.